The van der Waals surface area contributed by atoms with Crippen LogP contribution in [0.2, 0.25) is 5.02 Å². The van der Waals surface area contributed by atoms with Gasteiger partial charge in [0, 0.05) is 23.7 Å². The first-order valence-electron chi connectivity index (χ1n) is 6.79. The maximum Gasteiger partial charge on any atom is 0.199 e. The molecule has 0 saturated heterocycles. The summed E-state index contributed by atoms with van der Waals surface area (Å²) in [6, 6.07) is 13.0. The number of hydrogen-bond acceptors (Lipinski definition) is 3. The van der Waals surface area contributed by atoms with Gasteiger partial charge in [-0.25, -0.2) is 0 Å². The van der Waals surface area contributed by atoms with Gasteiger partial charge in [-0.15, -0.1) is 11.8 Å². The van der Waals surface area contributed by atoms with Gasteiger partial charge in [0.15, 0.2) is 10.9 Å². The molecule has 0 aliphatic rings. The highest BCUT2D eigenvalue weighted by Gasteiger charge is 2.13. The highest BCUT2D eigenvalue weighted by molar-refractivity contribution is 7.98. The van der Waals surface area contributed by atoms with Crippen molar-refractivity contribution in [3.63, 3.8) is 0 Å². The van der Waals surface area contributed by atoms with Crippen LogP contribution in [0.4, 0.5) is 11.4 Å². The van der Waals surface area contributed by atoms with Gasteiger partial charge in [0.1, 0.15) is 6.26 Å². The first kappa shape index (κ1) is 18.0. The second-order valence-corrected chi connectivity index (χ2v) is 7.41. The zero-order valence-electron chi connectivity index (χ0n) is 13.1. The molecule has 0 aliphatic carbocycles. The minimum atomic E-state index is -1.06. The number of anilines is 2. The molecular weight excluding hydrogens is 350 g/mol. The summed E-state index contributed by atoms with van der Waals surface area (Å²) in [6.07, 6.45) is 3.59. The first-order valence-corrected chi connectivity index (χ1v) is 9.95. The molecule has 122 valence electrons. The van der Waals surface area contributed by atoms with Crippen LogP contribution in [0, 0.1) is 5.41 Å². The Kier molecular flexibility index (Phi) is 6.24. The summed E-state index contributed by atoms with van der Waals surface area (Å²) in [5.74, 6) is 0.184. The molecule has 0 radical (unpaired) electrons. The number of nitrogens with one attached hydrogen (secondary N) is 2. The van der Waals surface area contributed by atoms with Crippen LogP contribution < -0.4 is 10.2 Å². The molecule has 0 bridgehead atoms. The van der Waals surface area contributed by atoms with Gasteiger partial charge in [-0.1, -0.05) is 23.7 Å². The van der Waals surface area contributed by atoms with Gasteiger partial charge in [-0.3, -0.25) is 5.41 Å². The van der Waals surface area contributed by atoms with Gasteiger partial charge in [-0.05, 0) is 41.7 Å². The molecule has 0 fully saturated rings. The van der Waals surface area contributed by atoms with E-state index in [-0.39, 0.29) is 5.96 Å². The van der Waals surface area contributed by atoms with Gasteiger partial charge in [0.05, 0.1) is 10.7 Å². The van der Waals surface area contributed by atoms with Gasteiger partial charge < -0.3 is 14.8 Å². The Balaban J connectivity index is 2.19. The number of benzene rings is 2. The van der Waals surface area contributed by atoms with Crippen LogP contribution in [0.15, 0.2) is 52.3 Å². The van der Waals surface area contributed by atoms with E-state index in [1.807, 2.05) is 48.7 Å². The van der Waals surface area contributed by atoms with Crippen molar-refractivity contribution in [3.05, 3.63) is 47.5 Å². The molecular formula is C16H18ClN3OS2. The van der Waals surface area contributed by atoms with E-state index in [2.05, 4.69) is 5.32 Å². The largest absolute Gasteiger partial charge is 0.612 e. The van der Waals surface area contributed by atoms with E-state index in [1.165, 1.54) is 0 Å². The summed E-state index contributed by atoms with van der Waals surface area (Å²) in [5.41, 5.74) is 1.47. The predicted octanol–water partition coefficient (Wildman–Crippen LogP) is 4.28. The smallest absolute Gasteiger partial charge is 0.199 e. The minimum absolute atomic E-state index is 0.184. The van der Waals surface area contributed by atoms with Gasteiger partial charge >= 0.3 is 0 Å². The van der Waals surface area contributed by atoms with Crippen molar-refractivity contribution >= 4 is 51.9 Å². The molecule has 23 heavy (non-hydrogen) atoms. The Hall–Kier alpha value is -1.34. The van der Waals surface area contributed by atoms with E-state index in [0.717, 1.165) is 15.5 Å². The molecule has 1 unspecified atom stereocenters. The third-order valence-corrected chi connectivity index (χ3v) is 5.53. The van der Waals surface area contributed by atoms with E-state index in [4.69, 9.17) is 17.0 Å². The Labute approximate surface area is 148 Å². The molecule has 0 amide bonds. The number of thioether (sulfide) groups is 1. The second-order valence-electron chi connectivity index (χ2n) is 4.81. The van der Waals surface area contributed by atoms with Crippen LogP contribution in [-0.2, 0) is 11.2 Å². The van der Waals surface area contributed by atoms with Crippen molar-refractivity contribution in [2.24, 2.45) is 0 Å². The number of guanidine groups is 1. The number of rotatable bonds is 4. The lowest BCUT2D eigenvalue weighted by Gasteiger charge is -2.22. The Morgan fingerprint density at radius 2 is 2.00 bits per heavy atom. The van der Waals surface area contributed by atoms with Gasteiger partial charge in [0.2, 0.25) is 0 Å². The van der Waals surface area contributed by atoms with Crippen molar-refractivity contribution in [2.75, 3.05) is 29.8 Å². The summed E-state index contributed by atoms with van der Waals surface area (Å²) in [7, 11) is 1.78. The quantitative estimate of drug-likeness (QED) is 0.366. The Bertz CT molecular complexity index is 709. The monoisotopic (exact) mass is 367 g/mol. The summed E-state index contributed by atoms with van der Waals surface area (Å²) in [6.45, 7) is 0. The van der Waals surface area contributed by atoms with Gasteiger partial charge in [0.25, 0.3) is 0 Å². The maximum atomic E-state index is 11.6. The van der Waals surface area contributed by atoms with E-state index in [1.54, 1.807) is 30.0 Å². The second kappa shape index (κ2) is 7.97. The summed E-state index contributed by atoms with van der Waals surface area (Å²) < 4.78 is 11.6. The van der Waals surface area contributed by atoms with E-state index in [9.17, 15) is 4.55 Å². The molecule has 4 nitrogen and oxygen atoms in total. The fourth-order valence-corrected chi connectivity index (χ4v) is 3.44. The zero-order chi connectivity index (χ0) is 17.0. The van der Waals surface area contributed by atoms with E-state index < -0.39 is 11.2 Å². The average molecular weight is 368 g/mol. The molecule has 0 saturated carbocycles. The Morgan fingerprint density at radius 1 is 1.30 bits per heavy atom. The van der Waals surface area contributed by atoms with Crippen LogP contribution in [0.25, 0.3) is 0 Å². The van der Waals surface area contributed by atoms with Crippen LogP contribution in [0.1, 0.15) is 0 Å². The molecule has 2 aromatic rings. The molecule has 0 spiro atoms. The van der Waals surface area contributed by atoms with Crippen molar-refractivity contribution in [2.45, 2.75) is 9.79 Å². The van der Waals surface area contributed by atoms with Crippen LogP contribution >= 0.6 is 23.4 Å². The fraction of sp³-hybridized carbons (Fsp3) is 0.188. The van der Waals surface area contributed by atoms with Crippen LogP contribution in [0.3, 0.4) is 0 Å². The molecule has 0 aliphatic heterocycles. The molecule has 0 aromatic heterocycles. The fourth-order valence-electron chi connectivity index (χ4n) is 1.98. The lowest BCUT2D eigenvalue weighted by molar-refractivity contribution is 0.601. The van der Waals surface area contributed by atoms with Crippen LogP contribution in [0.5, 0.6) is 0 Å². The lowest BCUT2D eigenvalue weighted by atomic mass is 10.3. The molecule has 2 rings (SSSR count). The number of halogens is 1. The highest BCUT2D eigenvalue weighted by Crippen LogP contribution is 2.32. The third kappa shape index (κ3) is 4.35. The summed E-state index contributed by atoms with van der Waals surface area (Å²) in [4.78, 5) is 3.36. The van der Waals surface area contributed by atoms with E-state index >= 15 is 0 Å². The molecule has 1 atom stereocenters. The standard InChI is InChI=1S/C16H18ClN3OS2/c1-20(11-6-4-7-12(10-11)23(3)21)16(18)19-13-8-5-9-14(22-2)15(13)17/h4-10H,1-3H3,(H2,18,19). The number of hydrogen-bond donors (Lipinski definition) is 2. The van der Waals surface area contributed by atoms with Crippen molar-refractivity contribution in [3.8, 4) is 0 Å². The van der Waals surface area contributed by atoms with Crippen LogP contribution in [-0.4, -0.2) is 30.1 Å². The third-order valence-electron chi connectivity index (χ3n) is 3.31. The normalized spacial score (nSPS) is 11.9. The van der Waals surface area contributed by atoms with E-state index in [0.29, 0.717) is 10.7 Å². The average Bonchev–Trinajstić information content (AvgIpc) is 2.56. The highest BCUT2D eigenvalue weighted by atomic mass is 35.5. The van der Waals surface area contributed by atoms with Crippen molar-refractivity contribution in [1.29, 1.82) is 5.41 Å². The first-order chi connectivity index (χ1) is 10.9. The van der Waals surface area contributed by atoms with Crippen molar-refractivity contribution in [1.82, 2.24) is 0 Å². The minimum Gasteiger partial charge on any atom is -0.612 e. The molecule has 7 heteroatoms. The summed E-state index contributed by atoms with van der Waals surface area (Å²) in [5, 5.41) is 11.9. The van der Waals surface area contributed by atoms with Gasteiger partial charge in [-0.2, -0.15) is 0 Å². The van der Waals surface area contributed by atoms with Crippen molar-refractivity contribution < 1.29 is 4.55 Å². The molecule has 0 heterocycles. The SMILES string of the molecule is CSc1cccc(NC(=N)N(C)c2cccc([S+](C)[O-])c2)c1Cl. The zero-order valence-corrected chi connectivity index (χ0v) is 15.5. The lowest BCUT2D eigenvalue weighted by Crippen LogP contribution is -2.32. The topological polar surface area (TPSA) is 62.2 Å². The maximum absolute atomic E-state index is 11.6. The predicted molar refractivity (Wildman–Crippen MR) is 102 cm³/mol. The number of nitrogens with zero attached hydrogens (tertiary/aromatic N) is 1. The molecule has 2 N–H and O–H groups in total. The molecule has 2 aromatic carbocycles. The summed E-state index contributed by atoms with van der Waals surface area (Å²) >= 11 is 6.83. The Morgan fingerprint density at radius 3 is 2.65 bits per heavy atom.